The van der Waals surface area contributed by atoms with Gasteiger partial charge in [-0.2, -0.15) is 0 Å². The van der Waals surface area contributed by atoms with Crippen molar-refractivity contribution < 1.29 is 23.7 Å². The van der Waals surface area contributed by atoms with Crippen LogP contribution >= 0.6 is 0 Å². The van der Waals surface area contributed by atoms with Gasteiger partial charge in [-0.05, 0) is 101 Å². The van der Waals surface area contributed by atoms with Gasteiger partial charge in [0.15, 0.2) is 12.4 Å². The van der Waals surface area contributed by atoms with Gasteiger partial charge in [0.2, 0.25) is 23.6 Å². The summed E-state index contributed by atoms with van der Waals surface area (Å²) >= 11 is 0. The van der Waals surface area contributed by atoms with E-state index in [1.165, 1.54) is 37.7 Å². The maximum absolute atomic E-state index is 13.6. The van der Waals surface area contributed by atoms with E-state index < -0.39 is 6.04 Å². The molecule has 368 valence electrons. The summed E-state index contributed by atoms with van der Waals surface area (Å²) in [5.41, 5.74) is 7.37. The third-order valence-electron chi connectivity index (χ3n) is 13.2. The number of fused-ring (bicyclic) bond motifs is 2. The molecule has 0 spiro atoms. The molecule has 3 N–H and O–H groups in total. The number of benzene rings is 3. The van der Waals surface area contributed by atoms with E-state index in [0.29, 0.717) is 37.9 Å². The number of carbonyl (C=O) groups excluding carboxylic acids is 4. The topological polar surface area (TPSA) is 118 Å². The summed E-state index contributed by atoms with van der Waals surface area (Å²) in [6, 6.07) is 26.4. The molecule has 1 aliphatic heterocycles. The first kappa shape index (κ1) is 53.2. The molecule has 5 rings (SSSR count). The number of aromatic nitrogens is 1. The van der Waals surface area contributed by atoms with Gasteiger partial charge < -0.3 is 25.8 Å². The Balaban J connectivity index is 0.947. The zero-order valence-corrected chi connectivity index (χ0v) is 42.1. The molecule has 11 nitrogen and oxygen atoms in total. The Morgan fingerprint density at radius 3 is 1.76 bits per heavy atom. The summed E-state index contributed by atoms with van der Waals surface area (Å²) in [7, 11) is 0. The van der Waals surface area contributed by atoms with Crippen LogP contribution in [0.15, 0.2) is 91.3 Å². The molecule has 1 aliphatic rings. The van der Waals surface area contributed by atoms with E-state index in [1.807, 2.05) is 43.0 Å². The number of hydrogen-bond acceptors (Lipinski definition) is 6. The Morgan fingerprint density at radius 1 is 0.603 bits per heavy atom. The fourth-order valence-electron chi connectivity index (χ4n) is 9.17. The normalized spacial score (nSPS) is 12.2. The van der Waals surface area contributed by atoms with E-state index in [2.05, 4.69) is 118 Å². The van der Waals surface area contributed by atoms with Crippen LogP contribution in [0.1, 0.15) is 162 Å². The summed E-state index contributed by atoms with van der Waals surface area (Å²) in [5.74, 6) is -0.0964. The van der Waals surface area contributed by atoms with E-state index in [0.717, 1.165) is 124 Å². The maximum atomic E-state index is 13.6. The van der Waals surface area contributed by atoms with Gasteiger partial charge in [-0.1, -0.05) is 108 Å². The van der Waals surface area contributed by atoms with Crippen molar-refractivity contribution in [3.63, 3.8) is 0 Å². The Morgan fingerprint density at radius 2 is 1.16 bits per heavy atom. The quantitative estimate of drug-likeness (QED) is 0.0342. The van der Waals surface area contributed by atoms with Crippen molar-refractivity contribution in [3.8, 4) is 0 Å². The summed E-state index contributed by atoms with van der Waals surface area (Å²) in [6.07, 6.45) is 23.6. The Bertz CT molecular complexity index is 2160. The molecule has 4 aromatic rings. The molecule has 0 saturated carbocycles. The average molecular weight is 929 g/mol. The van der Waals surface area contributed by atoms with Crippen molar-refractivity contribution >= 4 is 63.4 Å². The number of unbranched alkanes of at least 4 members (excludes halogenated alkanes) is 14. The lowest BCUT2D eigenvalue weighted by molar-refractivity contribution is -0.697. The lowest BCUT2D eigenvalue weighted by Gasteiger charge is -2.40. The molecule has 0 aliphatic carbocycles. The number of nitrogens with one attached hydrogen (secondary N) is 3. The first-order chi connectivity index (χ1) is 33.2. The zero-order chi connectivity index (χ0) is 48.5. The zero-order valence-electron chi connectivity index (χ0n) is 42.1. The lowest BCUT2D eigenvalue weighted by atomic mass is 10.0. The van der Waals surface area contributed by atoms with Crippen LogP contribution in [0.4, 0.5) is 39.8 Å². The fraction of sp³-hybridized carbons (Fsp3) is 0.526. The van der Waals surface area contributed by atoms with Gasteiger partial charge in [0.1, 0.15) is 12.6 Å². The Labute approximate surface area is 408 Å². The molecule has 0 unspecified atom stereocenters. The minimum Gasteiger partial charge on any atom is -0.372 e. The van der Waals surface area contributed by atoms with Crippen LogP contribution in [0.25, 0.3) is 0 Å². The van der Waals surface area contributed by atoms with Gasteiger partial charge in [0.05, 0.1) is 22.7 Å². The molecule has 1 atom stereocenters. The van der Waals surface area contributed by atoms with Crippen molar-refractivity contribution in [2.24, 2.45) is 0 Å². The van der Waals surface area contributed by atoms with Gasteiger partial charge in [-0.15, -0.1) is 0 Å². The molecule has 68 heavy (non-hydrogen) atoms. The molecule has 1 aromatic heterocycles. The number of rotatable bonds is 31. The Kier molecular flexibility index (Phi) is 22.9. The highest BCUT2D eigenvalue weighted by Crippen LogP contribution is 2.53. The van der Waals surface area contributed by atoms with Crippen LogP contribution in [0.3, 0.4) is 0 Å². The molecule has 0 bridgehead atoms. The lowest BCUT2D eigenvalue weighted by Crippen LogP contribution is -2.46. The van der Waals surface area contributed by atoms with E-state index >= 15 is 0 Å². The number of carbonyl (C=O) groups is 4. The van der Waals surface area contributed by atoms with Gasteiger partial charge in [-0.25, -0.2) is 4.57 Å². The van der Waals surface area contributed by atoms with Crippen molar-refractivity contribution in [1.82, 2.24) is 10.6 Å². The van der Waals surface area contributed by atoms with Crippen molar-refractivity contribution in [2.75, 3.05) is 39.7 Å². The predicted molar refractivity (Wildman–Crippen MR) is 280 cm³/mol. The number of nitrogens with zero attached hydrogens (tertiary/aromatic N) is 4. The van der Waals surface area contributed by atoms with Crippen molar-refractivity contribution in [2.45, 2.75) is 176 Å². The fourth-order valence-corrected chi connectivity index (χ4v) is 9.17. The second-order valence-corrected chi connectivity index (χ2v) is 18.4. The highest BCUT2D eigenvalue weighted by molar-refractivity contribution is 6.12. The summed E-state index contributed by atoms with van der Waals surface area (Å²) < 4.78 is 2.23. The molecule has 3 aromatic carbocycles. The van der Waals surface area contributed by atoms with Crippen LogP contribution in [0.5, 0.6) is 0 Å². The monoisotopic (exact) mass is 929 g/mol. The molecular formula is C57H82N7O4+. The van der Waals surface area contributed by atoms with Gasteiger partial charge in [-0.3, -0.25) is 24.1 Å². The van der Waals surface area contributed by atoms with Crippen LogP contribution in [-0.2, 0) is 25.7 Å². The molecule has 0 radical (unpaired) electrons. The first-order valence-corrected chi connectivity index (χ1v) is 26.2. The first-order valence-electron chi connectivity index (χ1n) is 26.2. The van der Waals surface area contributed by atoms with Crippen molar-refractivity contribution in [1.29, 1.82) is 0 Å². The molecule has 2 heterocycles. The molecule has 0 fully saturated rings. The highest BCUT2D eigenvalue weighted by Gasteiger charge is 2.33. The smallest absolute Gasteiger partial charge is 0.242 e. The van der Waals surface area contributed by atoms with Crippen LogP contribution in [0.2, 0.25) is 0 Å². The second-order valence-electron chi connectivity index (χ2n) is 18.4. The number of hydrogen-bond donors (Lipinski definition) is 3. The second kappa shape index (κ2) is 29.2. The number of pyridine rings is 1. The maximum Gasteiger partial charge on any atom is 0.242 e. The molecular weight excluding hydrogens is 847 g/mol. The minimum atomic E-state index is -0.467. The average Bonchev–Trinajstić information content (AvgIpc) is 3.35. The highest BCUT2D eigenvalue weighted by atomic mass is 16.2. The number of anilines is 7. The third kappa shape index (κ3) is 16.5. The summed E-state index contributed by atoms with van der Waals surface area (Å²) in [6.45, 7) is 13.7. The van der Waals surface area contributed by atoms with E-state index in [9.17, 15) is 19.2 Å². The summed E-state index contributed by atoms with van der Waals surface area (Å²) in [4.78, 5) is 58.5. The predicted octanol–water partition coefficient (Wildman–Crippen LogP) is 12.7. The molecule has 0 saturated heterocycles. The van der Waals surface area contributed by atoms with Crippen LogP contribution < -0.4 is 35.2 Å². The third-order valence-corrected chi connectivity index (χ3v) is 13.2. The van der Waals surface area contributed by atoms with E-state index in [4.69, 9.17) is 0 Å². The van der Waals surface area contributed by atoms with Gasteiger partial charge in [0.25, 0.3) is 0 Å². The molecule has 11 heteroatoms. The van der Waals surface area contributed by atoms with E-state index in [1.54, 1.807) is 0 Å². The number of amides is 4. The standard InChI is InChI=1S/C57H81N7O4/c1-6-49(60-55(66)30-24-19-15-13-17-21-26-40-61-41-27-22-28-42-61)57(68)58-39-25-20-16-12-10-11-14-18-23-29-54(65)59-46-33-37-50-52(43-46)63(47-34-31-45(5)32-35-47)53-44-48(62(8-3)9-4)36-38-51(53)64(50)56(67)7-2/h22,27-28,31-38,41-44,49H,6-21,23-26,29-30,39-40H2,1-5H3,(H2-,58,59,60,65,66,68)/p+1/t49-/m0/s1. The van der Waals surface area contributed by atoms with Crippen LogP contribution in [-0.4, -0.2) is 49.3 Å². The van der Waals surface area contributed by atoms with Gasteiger partial charge >= 0.3 is 0 Å². The number of aryl methyl sites for hydroxylation is 2. The van der Waals surface area contributed by atoms with Gasteiger partial charge in [0, 0.05) is 74.5 Å². The van der Waals surface area contributed by atoms with E-state index in [-0.39, 0.29) is 23.6 Å². The minimum absolute atomic E-state index is 0.00490. The summed E-state index contributed by atoms with van der Waals surface area (Å²) in [5, 5.41) is 9.15. The molecule has 4 amide bonds. The SMILES string of the molecule is CCC(=O)N1c2ccc(NC(=O)CCCCCCCCCCCNC(=O)[C@H](CC)NC(=O)CCCCCCCCC[n+]3ccccc3)cc2N(c2ccc(C)cc2)c2cc(N(CC)CC)ccc21. The Hall–Kier alpha value is -5.71. The van der Waals surface area contributed by atoms with Crippen molar-refractivity contribution in [3.05, 3.63) is 96.8 Å². The largest absolute Gasteiger partial charge is 0.372 e. The van der Waals surface area contributed by atoms with Crippen LogP contribution in [0, 0.1) is 6.92 Å².